The van der Waals surface area contributed by atoms with E-state index in [0.717, 1.165) is 12.1 Å². The molecule has 0 radical (unpaired) electrons. The van der Waals surface area contributed by atoms with Gasteiger partial charge < -0.3 is 5.32 Å². The summed E-state index contributed by atoms with van der Waals surface area (Å²) in [5, 5.41) is 10.5. The van der Waals surface area contributed by atoms with Crippen LogP contribution in [-0.4, -0.2) is 22.0 Å². The van der Waals surface area contributed by atoms with Crippen molar-refractivity contribution in [2.24, 2.45) is 0 Å². The molecule has 0 bridgehead atoms. The fourth-order valence-corrected chi connectivity index (χ4v) is 1.81. The molecule has 0 spiro atoms. The number of nitrogens with zero attached hydrogens (tertiary/aromatic N) is 3. The molecular formula is C11H10ClF3N4. The molecule has 2 rings (SSSR count). The van der Waals surface area contributed by atoms with Gasteiger partial charge in [0.2, 0.25) is 0 Å². The summed E-state index contributed by atoms with van der Waals surface area (Å²) in [4.78, 5) is 0. The Labute approximate surface area is 112 Å². The van der Waals surface area contributed by atoms with E-state index in [4.69, 9.17) is 11.6 Å². The van der Waals surface area contributed by atoms with E-state index in [9.17, 15) is 13.2 Å². The Bertz CT molecular complexity index is 580. The molecule has 4 nitrogen and oxygen atoms in total. The normalized spacial score (nSPS) is 11.8. The average molecular weight is 291 g/mol. The zero-order valence-corrected chi connectivity index (χ0v) is 10.6. The summed E-state index contributed by atoms with van der Waals surface area (Å²) in [7, 11) is 1.75. The maximum Gasteiger partial charge on any atom is 0.416 e. The van der Waals surface area contributed by atoms with Crippen LogP contribution in [0.4, 0.5) is 13.2 Å². The van der Waals surface area contributed by atoms with E-state index in [0.29, 0.717) is 17.9 Å². The Morgan fingerprint density at radius 1 is 1.37 bits per heavy atom. The third kappa shape index (κ3) is 3.05. The van der Waals surface area contributed by atoms with Crippen molar-refractivity contribution in [2.45, 2.75) is 12.7 Å². The van der Waals surface area contributed by atoms with Crippen LogP contribution in [0.25, 0.3) is 5.69 Å². The van der Waals surface area contributed by atoms with Gasteiger partial charge in [-0.05, 0) is 25.2 Å². The lowest BCUT2D eigenvalue weighted by Crippen LogP contribution is -2.06. The summed E-state index contributed by atoms with van der Waals surface area (Å²) in [6.45, 7) is 0.512. The smallest absolute Gasteiger partial charge is 0.314 e. The fourth-order valence-electron chi connectivity index (χ4n) is 1.55. The monoisotopic (exact) mass is 290 g/mol. The van der Waals surface area contributed by atoms with Crippen LogP contribution in [-0.2, 0) is 12.7 Å². The van der Waals surface area contributed by atoms with E-state index in [1.54, 1.807) is 13.2 Å². The standard InChI is InChI=1S/C11H10ClF3N4/c1-16-5-8-6-19(18-17-8)10-3-2-7(4-9(10)12)11(13,14)15/h2-4,6,16H,5H2,1H3. The highest BCUT2D eigenvalue weighted by Gasteiger charge is 2.31. The van der Waals surface area contributed by atoms with Crippen LogP contribution < -0.4 is 5.32 Å². The molecule has 0 fully saturated rings. The van der Waals surface area contributed by atoms with Gasteiger partial charge in [-0.2, -0.15) is 13.2 Å². The van der Waals surface area contributed by atoms with Gasteiger partial charge in [0.1, 0.15) is 0 Å². The Morgan fingerprint density at radius 2 is 2.11 bits per heavy atom. The molecule has 0 aliphatic heterocycles. The van der Waals surface area contributed by atoms with Gasteiger partial charge in [-0.25, -0.2) is 4.68 Å². The van der Waals surface area contributed by atoms with E-state index in [1.807, 2.05) is 0 Å². The molecule has 0 saturated carbocycles. The average Bonchev–Trinajstić information content (AvgIpc) is 2.76. The predicted octanol–water partition coefficient (Wildman–Crippen LogP) is 2.66. The molecule has 0 aliphatic carbocycles. The lowest BCUT2D eigenvalue weighted by molar-refractivity contribution is -0.137. The molecule has 0 saturated heterocycles. The molecule has 8 heteroatoms. The van der Waals surface area contributed by atoms with Crippen LogP contribution in [0, 0.1) is 0 Å². The summed E-state index contributed by atoms with van der Waals surface area (Å²) in [5.41, 5.74) is 0.222. The van der Waals surface area contributed by atoms with Crippen LogP contribution in [0.1, 0.15) is 11.3 Å². The van der Waals surface area contributed by atoms with Gasteiger partial charge in [0.15, 0.2) is 0 Å². The Hall–Kier alpha value is -1.60. The third-order valence-corrected chi connectivity index (χ3v) is 2.72. The van der Waals surface area contributed by atoms with Crippen molar-refractivity contribution in [1.29, 1.82) is 0 Å². The summed E-state index contributed by atoms with van der Waals surface area (Å²) in [6.07, 6.45) is -2.81. The third-order valence-electron chi connectivity index (χ3n) is 2.42. The second-order valence-electron chi connectivity index (χ2n) is 3.85. The summed E-state index contributed by atoms with van der Waals surface area (Å²) >= 11 is 5.85. The number of nitrogens with one attached hydrogen (secondary N) is 1. The van der Waals surface area contributed by atoms with Gasteiger partial charge in [0.25, 0.3) is 0 Å². The first-order chi connectivity index (χ1) is 8.91. The van der Waals surface area contributed by atoms with E-state index >= 15 is 0 Å². The lowest BCUT2D eigenvalue weighted by atomic mass is 10.2. The van der Waals surface area contributed by atoms with Crippen LogP contribution in [0.15, 0.2) is 24.4 Å². The molecule has 1 heterocycles. The van der Waals surface area contributed by atoms with Crippen LogP contribution in [0.2, 0.25) is 5.02 Å². The molecule has 2 aromatic rings. The Balaban J connectivity index is 2.35. The molecule has 0 aliphatic rings. The summed E-state index contributed by atoms with van der Waals surface area (Å²) < 4.78 is 38.9. The van der Waals surface area contributed by atoms with Crippen LogP contribution in [0.3, 0.4) is 0 Å². The molecule has 0 amide bonds. The number of rotatable bonds is 3. The Morgan fingerprint density at radius 3 is 2.68 bits per heavy atom. The highest BCUT2D eigenvalue weighted by molar-refractivity contribution is 6.32. The minimum Gasteiger partial charge on any atom is -0.314 e. The van der Waals surface area contributed by atoms with Gasteiger partial charge in [-0.15, -0.1) is 5.10 Å². The largest absolute Gasteiger partial charge is 0.416 e. The molecule has 1 aromatic carbocycles. The molecule has 0 atom stereocenters. The maximum absolute atomic E-state index is 12.5. The van der Waals surface area contributed by atoms with Crippen LogP contribution >= 0.6 is 11.6 Å². The van der Waals surface area contributed by atoms with E-state index in [1.165, 1.54) is 10.7 Å². The second-order valence-corrected chi connectivity index (χ2v) is 4.26. The minimum absolute atomic E-state index is 0.0317. The zero-order chi connectivity index (χ0) is 14.0. The highest BCUT2D eigenvalue weighted by Crippen LogP contribution is 2.32. The van der Waals surface area contributed by atoms with E-state index < -0.39 is 11.7 Å². The second kappa shape index (κ2) is 5.18. The molecule has 19 heavy (non-hydrogen) atoms. The van der Waals surface area contributed by atoms with Crippen molar-refractivity contribution < 1.29 is 13.2 Å². The quantitative estimate of drug-likeness (QED) is 0.945. The van der Waals surface area contributed by atoms with E-state index in [-0.39, 0.29) is 5.02 Å². The minimum atomic E-state index is -4.41. The molecule has 0 unspecified atom stereocenters. The lowest BCUT2D eigenvalue weighted by Gasteiger charge is -2.09. The summed E-state index contributed by atoms with van der Waals surface area (Å²) in [5.74, 6) is 0. The molecule has 1 N–H and O–H groups in total. The number of aromatic nitrogens is 3. The summed E-state index contributed by atoms with van der Waals surface area (Å²) in [6, 6.07) is 3.10. The SMILES string of the molecule is CNCc1cn(-c2ccc(C(F)(F)F)cc2Cl)nn1. The number of benzene rings is 1. The highest BCUT2D eigenvalue weighted by atomic mass is 35.5. The Kier molecular flexibility index (Phi) is 3.77. The van der Waals surface area contributed by atoms with Crippen molar-refractivity contribution in [2.75, 3.05) is 7.05 Å². The van der Waals surface area contributed by atoms with Crippen molar-refractivity contribution in [3.63, 3.8) is 0 Å². The van der Waals surface area contributed by atoms with Gasteiger partial charge in [-0.1, -0.05) is 16.8 Å². The topological polar surface area (TPSA) is 42.7 Å². The number of alkyl halides is 3. The van der Waals surface area contributed by atoms with Crippen molar-refractivity contribution in [3.05, 3.63) is 40.7 Å². The number of halogens is 4. The molecule has 102 valence electrons. The van der Waals surface area contributed by atoms with Crippen molar-refractivity contribution in [1.82, 2.24) is 20.3 Å². The first kappa shape index (κ1) is 13.8. The van der Waals surface area contributed by atoms with Crippen molar-refractivity contribution >= 4 is 11.6 Å². The van der Waals surface area contributed by atoms with Crippen molar-refractivity contribution in [3.8, 4) is 5.69 Å². The number of hydrogen-bond acceptors (Lipinski definition) is 3. The maximum atomic E-state index is 12.5. The predicted molar refractivity (Wildman–Crippen MR) is 64.1 cm³/mol. The first-order valence-electron chi connectivity index (χ1n) is 5.35. The number of hydrogen-bond donors (Lipinski definition) is 1. The first-order valence-corrected chi connectivity index (χ1v) is 5.72. The van der Waals surface area contributed by atoms with Gasteiger partial charge in [-0.3, -0.25) is 0 Å². The van der Waals surface area contributed by atoms with Gasteiger partial charge >= 0.3 is 6.18 Å². The van der Waals surface area contributed by atoms with Crippen LogP contribution in [0.5, 0.6) is 0 Å². The van der Waals surface area contributed by atoms with Gasteiger partial charge in [0.05, 0.1) is 28.2 Å². The molecule has 1 aromatic heterocycles. The molecular weight excluding hydrogens is 281 g/mol. The van der Waals surface area contributed by atoms with E-state index in [2.05, 4.69) is 15.6 Å². The fraction of sp³-hybridized carbons (Fsp3) is 0.273. The van der Waals surface area contributed by atoms with Gasteiger partial charge in [0, 0.05) is 6.54 Å². The zero-order valence-electron chi connectivity index (χ0n) is 9.87.